The Kier molecular flexibility index (Phi) is 4.45. The second kappa shape index (κ2) is 6.67. The highest BCUT2D eigenvalue weighted by atomic mass is 16.3. The van der Waals surface area contributed by atoms with Crippen molar-refractivity contribution in [2.75, 3.05) is 19.6 Å². The van der Waals surface area contributed by atoms with E-state index in [0.717, 1.165) is 38.5 Å². The number of furan rings is 1. The van der Waals surface area contributed by atoms with E-state index < -0.39 is 0 Å². The van der Waals surface area contributed by atoms with Crippen LogP contribution >= 0.6 is 0 Å². The van der Waals surface area contributed by atoms with E-state index in [4.69, 9.17) is 4.42 Å². The van der Waals surface area contributed by atoms with Crippen LogP contribution in [0.4, 0.5) is 0 Å². The zero-order chi connectivity index (χ0) is 13.6. The van der Waals surface area contributed by atoms with Gasteiger partial charge in [0.05, 0.1) is 25.5 Å². The Morgan fingerprint density at radius 1 is 1.35 bits per heavy atom. The van der Waals surface area contributed by atoms with Crippen molar-refractivity contribution >= 4 is 0 Å². The smallest absolute Gasteiger partial charge is 0.117 e. The van der Waals surface area contributed by atoms with Crippen LogP contribution in [0.1, 0.15) is 18.6 Å². The van der Waals surface area contributed by atoms with Gasteiger partial charge in [-0.15, -0.1) is 5.10 Å². The van der Waals surface area contributed by atoms with Crippen molar-refractivity contribution in [3.8, 4) is 0 Å². The highest BCUT2D eigenvalue weighted by Crippen LogP contribution is 2.13. The van der Waals surface area contributed by atoms with Crippen LogP contribution in [-0.4, -0.2) is 45.6 Å². The lowest BCUT2D eigenvalue weighted by Crippen LogP contribution is -2.43. The van der Waals surface area contributed by atoms with Gasteiger partial charge in [0.1, 0.15) is 5.76 Å². The van der Waals surface area contributed by atoms with Gasteiger partial charge in [-0.1, -0.05) is 5.21 Å². The molecule has 2 aromatic heterocycles. The number of hydrogen-bond donors (Lipinski definition) is 1. The molecule has 20 heavy (non-hydrogen) atoms. The number of piperidine rings is 1. The Bertz CT molecular complexity index is 474. The summed E-state index contributed by atoms with van der Waals surface area (Å²) in [4.78, 5) is 2.45. The minimum atomic E-state index is 0.617. The third-order valence-electron chi connectivity index (χ3n) is 3.79. The summed E-state index contributed by atoms with van der Waals surface area (Å²) in [5, 5.41) is 11.4. The van der Waals surface area contributed by atoms with E-state index in [1.54, 1.807) is 12.5 Å². The summed E-state index contributed by atoms with van der Waals surface area (Å²) in [5.41, 5.74) is 0. The van der Waals surface area contributed by atoms with Gasteiger partial charge in [0, 0.05) is 31.9 Å². The summed E-state index contributed by atoms with van der Waals surface area (Å²) in [6.45, 7) is 5.01. The Hall–Kier alpha value is -1.66. The zero-order valence-corrected chi connectivity index (χ0v) is 11.6. The molecule has 6 nitrogen and oxygen atoms in total. The van der Waals surface area contributed by atoms with Crippen LogP contribution in [0.5, 0.6) is 0 Å². The Morgan fingerprint density at radius 2 is 2.25 bits per heavy atom. The van der Waals surface area contributed by atoms with Gasteiger partial charge in [-0.3, -0.25) is 9.58 Å². The lowest BCUT2D eigenvalue weighted by Gasteiger charge is -2.31. The van der Waals surface area contributed by atoms with Crippen molar-refractivity contribution in [1.82, 2.24) is 25.2 Å². The molecule has 6 heteroatoms. The topological polar surface area (TPSA) is 59.1 Å². The summed E-state index contributed by atoms with van der Waals surface area (Å²) >= 11 is 0. The first-order valence-corrected chi connectivity index (χ1v) is 7.22. The molecule has 3 rings (SSSR count). The van der Waals surface area contributed by atoms with Crippen molar-refractivity contribution in [1.29, 1.82) is 0 Å². The molecule has 1 fully saturated rings. The molecule has 108 valence electrons. The minimum Gasteiger partial charge on any atom is -0.468 e. The minimum absolute atomic E-state index is 0.617. The van der Waals surface area contributed by atoms with Gasteiger partial charge in [-0.2, -0.15) is 0 Å². The molecule has 0 unspecified atom stereocenters. The standard InChI is InChI=1S/C14H21N5O/c1-2-14(20-11-1)12-18-7-3-13(4-8-18)15-5-9-19-10-6-16-17-19/h1-2,6,10-11,13,15H,3-5,7-9,12H2. The van der Waals surface area contributed by atoms with Crippen molar-refractivity contribution in [2.24, 2.45) is 0 Å². The molecule has 0 amide bonds. The first-order valence-electron chi connectivity index (χ1n) is 7.22. The Labute approximate surface area is 118 Å². The fourth-order valence-electron chi connectivity index (χ4n) is 2.65. The molecule has 0 atom stereocenters. The van der Waals surface area contributed by atoms with Crippen molar-refractivity contribution in [3.05, 3.63) is 36.5 Å². The van der Waals surface area contributed by atoms with Gasteiger partial charge in [0.25, 0.3) is 0 Å². The molecular weight excluding hydrogens is 254 g/mol. The second-order valence-electron chi connectivity index (χ2n) is 5.25. The van der Waals surface area contributed by atoms with Crippen molar-refractivity contribution in [2.45, 2.75) is 32.0 Å². The van der Waals surface area contributed by atoms with Gasteiger partial charge in [-0.05, 0) is 25.0 Å². The monoisotopic (exact) mass is 275 g/mol. The van der Waals surface area contributed by atoms with E-state index >= 15 is 0 Å². The fourth-order valence-corrected chi connectivity index (χ4v) is 2.65. The molecule has 0 aromatic carbocycles. The number of likely N-dealkylation sites (tertiary alicyclic amines) is 1. The molecule has 0 saturated carbocycles. The van der Waals surface area contributed by atoms with E-state index in [1.807, 2.05) is 23.0 Å². The maximum absolute atomic E-state index is 5.40. The van der Waals surface area contributed by atoms with Crippen LogP contribution in [-0.2, 0) is 13.1 Å². The largest absolute Gasteiger partial charge is 0.468 e. The first-order chi connectivity index (χ1) is 9.90. The lowest BCUT2D eigenvalue weighted by molar-refractivity contribution is 0.178. The molecule has 0 aliphatic carbocycles. The van der Waals surface area contributed by atoms with Crippen molar-refractivity contribution < 1.29 is 4.42 Å². The van der Waals surface area contributed by atoms with Gasteiger partial charge in [-0.25, -0.2) is 0 Å². The van der Waals surface area contributed by atoms with Crippen molar-refractivity contribution in [3.63, 3.8) is 0 Å². The number of rotatable bonds is 6. The lowest BCUT2D eigenvalue weighted by atomic mass is 10.1. The van der Waals surface area contributed by atoms with E-state index in [1.165, 1.54) is 12.8 Å². The van der Waals surface area contributed by atoms with Crippen LogP contribution in [0.15, 0.2) is 35.2 Å². The SMILES string of the molecule is c1coc(CN2CCC(NCCn3ccnn3)CC2)c1. The van der Waals surface area contributed by atoms with E-state index in [0.29, 0.717) is 6.04 Å². The third-order valence-corrected chi connectivity index (χ3v) is 3.79. The fraction of sp³-hybridized carbons (Fsp3) is 0.571. The molecule has 0 bridgehead atoms. The molecule has 1 aliphatic heterocycles. The van der Waals surface area contributed by atoms with Crippen LogP contribution < -0.4 is 5.32 Å². The Balaban J connectivity index is 1.34. The predicted octanol–water partition coefficient (Wildman–Crippen LogP) is 1.13. The summed E-state index contributed by atoms with van der Waals surface area (Å²) in [5.74, 6) is 1.06. The number of hydrogen-bond acceptors (Lipinski definition) is 5. The molecule has 1 aliphatic rings. The Morgan fingerprint density at radius 3 is 2.95 bits per heavy atom. The predicted molar refractivity (Wildman–Crippen MR) is 75.0 cm³/mol. The quantitative estimate of drug-likeness (QED) is 0.856. The van der Waals surface area contributed by atoms with Gasteiger partial charge < -0.3 is 9.73 Å². The molecule has 2 aromatic rings. The maximum Gasteiger partial charge on any atom is 0.117 e. The summed E-state index contributed by atoms with van der Waals surface area (Å²) < 4.78 is 7.26. The highest BCUT2D eigenvalue weighted by molar-refractivity contribution is 4.98. The number of aromatic nitrogens is 3. The summed E-state index contributed by atoms with van der Waals surface area (Å²) in [6, 6.07) is 4.61. The normalized spacial score (nSPS) is 17.6. The summed E-state index contributed by atoms with van der Waals surface area (Å²) in [6.07, 6.45) is 7.74. The molecule has 0 spiro atoms. The highest BCUT2D eigenvalue weighted by Gasteiger charge is 2.19. The number of nitrogens with zero attached hydrogens (tertiary/aromatic N) is 4. The zero-order valence-electron chi connectivity index (χ0n) is 11.6. The third kappa shape index (κ3) is 3.68. The van der Waals surface area contributed by atoms with Gasteiger partial charge in [0.15, 0.2) is 0 Å². The summed E-state index contributed by atoms with van der Waals surface area (Å²) in [7, 11) is 0. The van der Waals surface area contributed by atoms with E-state index in [9.17, 15) is 0 Å². The molecule has 1 N–H and O–H groups in total. The van der Waals surface area contributed by atoms with Crippen LogP contribution in [0.2, 0.25) is 0 Å². The average Bonchev–Trinajstić information content (AvgIpc) is 3.14. The molecule has 1 saturated heterocycles. The molecular formula is C14H21N5O. The van der Waals surface area contributed by atoms with Crippen LogP contribution in [0.25, 0.3) is 0 Å². The van der Waals surface area contributed by atoms with Gasteiger partial charge in [0.2, 0.25) is 0 Å². The van der Waals surface area contributed by atoms with Gasteiger partial charge >= 0.3 is 0 Å². The van der Waals surface area contributed by atoms with Crippen LogP contribution in [0, 0.1) is 0 Å². The van der Waals surface area contributed by atoms with E-state index in [-0.39, 0.29) is 0 Å². The van der Waals surface area contributed by atoms with E-state index in [2.05, 4.69) is 20.5 Å². The molecule has 0 radical (unpaired) electrons. The van der Waals surface area contributed by atoms with Crippen LogP contribution in [0.3, 0.4) is 0 Å². The maximum atomic E-state index is 5.40. The number of nitrogens with one attached hydrogen (secondary N) is 1. The first kappa shape index (κ1) is 13.3. The average molecular weight is 275 g/mol. The second-order valence-corrected chi connectivity index (χ2v) is 5.25. The molecule has 3 heterocycles.